The number of carbonyl (C=O) groups excluding carboxylic acids is 1. The van der Waals surface area contributed by atoms with E-state index in [0.717, 1.165) is 16.3 Å². The number of rotatable bonds is 5. The molecule has 5 heteroatoms. The molecule has 0 aliphatic carbocycles. The summed E-state index contributed by atoms with van der Waals surface area (Å²) in [6.07, 6.45) is -0.634. The molecule has 0 radical (unpaired) electrons. The van der Waals surface area contributed by atoms with Gasteiger partial charge in [-0.15, -0.1) is 0 Å². The van der Waals surface area contributed by atoms with Crippen molar-refractivity contribution in [3.63, 3.8) is 0 Å². The molecule has 2 aromatic rings. The lowest BCUT2D eigenvalue weighted by Crippen LogP contribution is -2.17. The summed E-state index contributed by atoms with van der Waals surface area (Å²) in [5, 5.41) is -1.39. The van der Waals surface area contributed by atoms with Crippen molar-refractivity contribution in [2.45, 2.75) is 18.2 Å². The zero-order valence-corrected chi connectivity index (χ0v) is 11.4. The third-order valence-electron chi connectivity index (χ3n) is 2.86. The lowest BCUT2D eigenvalue weighted by Gasteiger charge is -2.09. The van der Waals surface area contributed by atoms with Crippen LogP contribution in [-0.4, -0.2) is 18.0 Å². The monoisotopic (exact) mass is 298 g/mol. The zero-order chi connectivity index (χ0) is 14.6. The van der Waals surface area contributed by atoms with E-state index in [-0.39, 0.29) is 6.61 Å². The first-order valence-electron chi connectivity index (χ1n) is 6.15. The van der Waals surface area contributed by atoms with Gasteiger partial charge in [-0.25, -0.2) is 0 Å². The van der Waals surface area contributed by atoms with Crippen molar-refractivity contribution in [3.8, 4) is 0 Å². The maximum absolute atomic E-state index is 12.4. The molecule has 0 spiro atoms. The van der Waals surface area contributed by atoms with Crippen LogP contribution in [0.25, 0.3) is 10.8 Å². The Bertz CT molecular complexity index is 603. The fourth-order valence-electron chi connectivity index (χ4n) is 2.00. The maximum Gasteiger partial charge on any atom is 0.332 e. The molecule has 2 aromatic carbocycles. The van der Waals surface area contributed by atoms with Gasteiger partial charge in [0.1, 0.15) is 6.42 Å². The van der Waals surface area contributed by atoms with E-state index in [4.69, 9.17) is 4.74 Å². The molecule has 0 atom stereocenters. The maximum atomic E-state index is 12.4. The highest BCUT2D eigenvalue weighted by Crippen LogP contribution is 2.23. The Kier molecular flexibility index (Phi) is 4.55. The van der Waals surface area contributed by atoms with Crippen LogP contribution >= 0.6 is 11.6 Å². The lowest BCUT2D eigenvalue weighted by atomic mass is 10.0. The van der Waals surface area contributed by atoms with Gasteiger partial charge in [0, 0.05) is 6.42 Å². The van der Waals surface area contributed by atoms with E-state index in [1.165, 1.54) is 0 Å². The smallest absolute Gasteiger partial charge is 0.332 e. The number of halogens is 3. The summed E-state index contributed by atoms with van der Waals surface area (Å²) in [4.78, 5) is 11.1. The molecule has 0 fully saturated rings. The molecule has 2 rings (SSSR count). The standard InChI is InChI=1S/C15H13ClF2O2/c16-15(17,18)10-14(19)20-9-8-12-6-3-5-11-4-1-2-7-13(11)12/h1-7H,8-10H2. The summed E-state index contributed by atoms with van der Waals surface area (Å²) < 4.78 is 29.6. The van der Waals surface area contributed by atoms with Gasteiger partial charge in [-0.3, -0.25) is 4.79 Å². The van der Waals surface area contributed by atoms with Gasteiger partial charge in [0.2, 0.25) is 0 Å². The van der Waals surface area contributed by atoms with Crippen LogP contribution in [0.4, 0.5) is 8.78 Å². The highest BCUT2D eigenvalue weighted by molar-refractivity contribution is 6.22. The fraction of sp³-hybridized carbons (Fsp3) is 0.267. The molecule has 0 unspecified atom stereocenters. The van der Waals surface area contributed by atoms with Crippen molar-refractivity contribution in [1.82, 2.24) is 0 Å². The molecule has 0 N–H and O–H groups in total. The molecule has 0 amide bonds. The van der Waals surface area contributed by atoms with E-state index in [1.54, 1.807) is 0 Å². The minimum atomic E-state index is -3.55. The van der Waals surface area contributed by atoms with E-state index in [9.17, 15) is 13.6 Å². The second kappa shape index (κ2) is 6.18. The molecule has 2 nitrogen and oxygen atoms in total. The van der Waals surface area contributed by atoms with Crippen molar-refractivity contribution in [2.75, 3.05) is 6.61 Å². The van der Waals surface area contributed by atoms with Crippen LogP contribution in [0.2, 0.25) is 0 Å². The third kappa shape index (κ3) is 4.17. The number of hydrogen-bond acceptors (Lipinski definition) is 2. The van der Waals surface area contributed by atoms with Gasteiger partial charge in [-0.2, -0.15) is 8.78 Å². The van der Waals surface area contributed by atoms with Gasteiger partial charge in [-0.05, 0) is 27.9 Å². The Labute approximate surface area is 120 Å². The van der Waals surface area contributed by atoms with Crippen LogP contribution in [0, 0.1) is 0 Å². The predicted molar refractivity (Wildman–Crippen MR) is 74.0 cm³/mol. The van der Waals surface area contributed by atoms with Crippen LogP contribution in [0.5, 0.6) is 0 Å². The molecule has 0 heterocycles. The van der Waals surface area contributed by atoms with Gasteiger partial charge in [0.15, 0.2) is 0 Å². The summed E-state index contributed by atoms with van der Waals surface area (Å²) in [7, 11) is 0. The number of hydrogen-bond donors (Lipinski definition) is 0. The first kappa shape index (κ1) is 14.7. The van der Waals surface area contributed by atoms with E-state index in [1.807, 2.05) is 42.5 Å². The van der Waals surface area contributed by atoms with Crippen molar-refractivity contribution in [1.29, 1.82) is 0 Å². The van der Waals surface area contributed by atoms with Gasteiger partial charge in [0.25, 0.3) is 0 Å². The molecular weight excluding hydrogens is 286 g/mol. The van der Waals surface area contributed by atoms with Gasteiger partial charge in [-0.1, -0.05) is 42.5 Å². The second-order valence-corrected chi connectivity index (χ2v) is 4.95. The Hall–Kier alpha value is -1.68. The molecule has 0 aliphatic rings. The summed E-state index contributed by atoms with van der Waals surface area (Å²) in [5.41, 5.74) is 1.01. The predicted octanol–water partition coefficient (Wildman–Crippen LogP) is 4.15. The zero-order valence-electron chi connectivity index (χ0n) is 10.6. The molecule has 20 heavy (non-hydrogen) atoms. The summed E-state index contributed by atoms with van der Waals surface area (Å²) >= 11 is 4.67. The molecule has 0 aromatic heterocycles. The molecule has 106 valence electrons. The second-order valence-electron chi connectivity index (χ2n) is 4.40. The van der Waals surface area contributed by atoms with Crippen molar-refractivity contribution < 1.29 is 18.3 Å². The van der Waals surface area contributed by atoms with Gasteiger partial charge < -0.3 is 4.74 Å². The Morgan fingerprint density at radius 1 is 1.15 bits per heavy atom. The van der Waals surface area contributed by atoms with Crippen LogP contribution < -0.4 is 0 Å². The quantitative estimate of drug-likeness (QED) is 0.612. The largest absolute Gasteiger partial charge is 0.465 e. The molecule has 0 bridgehead atoms. The summed E-state index contributed by atoms with van der Waals surface area (Å²) in [6, 6.07) is 13.6. The topological polar surface area (TPSA) is 26.3 Å². The summed E-state index contributed by atoms with van der Waals surface area (Å²) in [5.74, 6) is -0.995. The number of alkyl halides is 3. The molecule has 0 saturated heterocycles. The average Bonchev–Trinajstić information content (AvgIpc) is 2.37. The minimum Gasteiger partial charge on any atom is -0.465 e. The SMILES string of the molecule is O=C(CC(F)(F)Cl)OCCc1cccc2ccccc12. The highest BCUT2D eigenvalue weighted by atomic mass is 35.5. The first-order chi connectivity index (χ1) is 9.46. The number of ether oxygens (including phenoxy) is 1. The van der Waals surface area contributed by atoms with Gasteiger partial charge >= 0.3 is 11.4 Å². The average molecular weight is 299 g/mol. The number of benzene rings is 2. The summed E-state index contributed by atoms with van der Waals surface area (Å²) in [6.45, 7) is 0.0554. The Balaban J connectivity index is 1.95. The molecular formula is C15H13ClF2O2. The number of carbonyl (C=O) groups is 1. The minimum absolute atomic E-state index is 0.0554. The fourth-order valence-corrected chi connectivity index (χ4v) is 2.11. The van der Waals surface area contributed by atoms with E-state index in [2.05, 4.69) is 11.6 Å². The van der Waals surface area contributed by atoms with Crippen LogP contribution in [0.1, 0.15) is 12.0 Å². The van der Waals surface area contributed by atoms with Crippen LogP contribution in [0.3, 0.4) is 0 Å². The first-order valence-corrected chi connectivity index (χ1v) is 6.52. The lowest BCUT2D eigenvalue weighted by molar-refractivity contribution is -0.147. The highest BCUT2D eigenvalue weighted by Gasteiger charge is 2.29. The van der Waals surface area contributed by atoms with E-state index < -0.39 is 17.8 Å². The van der Waals surface area contributed by atoms with Crippen LogP contribution in [0.15, 0.2) is 42.5 Å². The molecule has 0 saturated carbocycles. The number of fused-ring (bicyclic) bond motifs is 1. The van der Waals surface area contributed by atoms with E-state index in [0.29, 0.717) is 6.42 Å². The van der Waals surface area contributed by atoms with Gasteiger partial charge in [0.05, 0.1) is 6.61 Å². The van der Waals surface area contributed by atoms with Crippen molar-refractivity contribution in [3.05, 3.63) is 48.0 Å². The van der Waals surface area contributed by atoms with Crippen LogP contribution in [-0.2, 0) is 16.0 Å². The number of esters is 1. The third-order valence-corrected chi connectivity index (χ3v) is 2.99. The van der Waals surface area contributed by atoms with Crippen molar-refractivity contribution in [2.24, 2.45) is 0 Å². The normalized spacial score (nSPS) is 11.6. The van der Waals surface area contributed by atoms with Crippen molar-refractivity contribution >= 4 is 28.3 Å². The Morgan fingerprint density at radius 2 is 1.85 bits per heavy atom. The van der Waals surface area contributed by atoms with E-state index >= 15 is 0 Å². The molecule has 0 aliphatic heterocycles. The Morgan fingerprint density at radius 3 is 2.60 bits per heavy atom.